The first-order valence-corrected chi connectivity index (χ1v) is 11.2. The summed E-state index contributed by atoms with van der Waals surface area (Å²) in [5.41, 5.74) is 1.69. The van der Waals surface area contributed by atoms with Crippen molar-refractivity contribution in [3.63, 3.8) is 0 Å². The topological polar surface area (TPSA) is 78.5 Å². The van der Waals surface area contributed by atoms with E-state index in [2.05, 4.69) is 10.6 Å². The number of piperazine rings is 1. The largest absolute Gasteiger partial charge is 0.323 e. The van der Waals surface area contributed by atoms with Gasteiger partial charge in [0, 0.05) is 31.1 Å². The van der Waals surface area contributed by atoms with E-state index < -0.39 is 11.4 Å². The first kappa shape index (κ1) is 21.4. The SMILES string of the molecule is O=C1c2cc(-c3ccc(Cl)cc3)ccc2NC(=O)C2(C(=O)Cc3ccccc3)CNCCN12. The molecule has 2 amide bonds. The van der Waals surface area contributed by atoms with Gasteiger partial charge < -0.3 is 15.5 Å². The number of nitrogens with one attached hydrogen (secondary N) is 2. The minimum Gasteiger partial charge on any atom is -0.323 e. The zero-order valence-corrected chi connectivity index (χ0v) is 18.6. The molecule has 1 saturated heterocycles. The molecule has 1 fully saturated rings. The zero-order chi connectivity index (χ0) is 23.0. The van der Waals surface area contributed by atoms with Gasteiger partial charge in [0.15, 0.2) is 11.3 Å². The van der Waals surface area contributed by atoms with Crippen LogP contribution in [0.2, 0.25) is 5.02 Å². The highest BCUT2D eigenvalue weighted by Gasteiger charge is 2.55. The Hall–Kier alpha value is -3.48. The van der Waals surface area contributed by atoms with E-state index in [9.17, 15) is 14.4 Å². The van der Waals surface area contributed by atoms with E-state index >= 15 is 0 Å². The first-order valence-electron chi connectivity index (χ1n) is 10.8. The predicted molar refractivity (Wildman–Crippen MR) is 127 cm³/mol. The molecule has 3 aromatic rings. The molecule has 2 aliphatic heterocycles. The third kappa shape index (κ3) is 3.71. The normalized spacial score (nSPS) is 19.8. The van der Waals surface area contributed by atoms with Crippen molar-refractivity contribution < 1.29 is 14.4 Å². The number of anilines is 1. The van der Waals surface area contributed by atoms with E-state index in [0.717, 1.165) is 16.7 Å². The van der Waals surface area contributed by atoms with Gasteiger partial charge in [0.2, 0.25) is 0 Å². The molecule has 2 heterocycles. The third-order valence-electron chi connectivity index (χ3n) is 6.32. The Morgan fingerprint density at radius 2 is 1.70 bits per heavy atom. The lowest BCUT2D eigenvalue weighted by Crippen LogP contribution is -2.71. The van der Waals surface area contributed by atoms with Crippen molar-refractivity contribution in [3.05, 3.63) is 88.9 Å². The Morgan fingerprint density at radius 1 is 0.970 bits per heavy atom. The van der Waals surface area contributed by atoms with E-state index in [1.165, 1.54) is 4.90 Å². The molecule has 5 rings (SSSR count). The highest BCUT2D eigenvalue weighted by molar-refractivity contribution is 6.30. The number of carbonyl (C=O) groups is 3. The van der Waals surface area contributed by atoms with E-state index in [4.69, 9.17) is 11.6 Å². The fourth-order valence-electron chi connectivity index (χ4n) is 4.55. The molecule has 6 nitrogen and oxygen atoms in total. The second-order valence-corrected chi connectivity index (χ2v) is 8.74. The Balaban J connectivity index is 1.56. The third-order valence-corrected chi connectivity index (χ3v) is 6.57. The second-order valence-electron chi connectivity index (χ2n) is 8.30. The summed E-state index contributed by atoms with van der Waals surface area (Å²) in [5.74, 6) is -1.12. The summed E-state index contributed by atoms with van der Waals surface area (Å²) >= 11 is 6.01. The van der Waals surface area contributed by atoms with Crippen molar-refractivity contribution in [2.24, 2.45) is 0 Å². The minimum absolute atomic E-state index is 0.0616. The van der Waals surface area contributed by atoms with Crippen molar-refractivity contribution in [1.29, 1.82) is 0 Å². The van der Waals surface area contributed by atoms with Crippen molar-refractivity contribution in [2.45, 2.75) is 12.0 Å². The lowest BCUT2D eigenvalue weighted by atomic mass is 9.85. The molecular formula is C26H22ClN3O3. The number of halogens is 1. The number of fused-ring (bicyclic) bond motifs is 2. The maximum absolute atomic E-state index is 13.7. The number of benzene rings is 3. The van der Waals surface area contributed by atoms with Gasteiger partial charge in [-0.2, -0.15) is 0 Å². The summed E-state index contributed by atoms with van der Waals surface area (Å²) in [6.45, 7) is 0.845. The molecule has 1 unspecified atom stereocenters. The molecule has 0 bridgehead atoms. The molecular weight excluding hydrogens is 438 g/mol. The monoisotopic (exact) mass is 459 g/mol. The molecule has 2 aliphatic rings. The molecule has 3 aromatic carbocycles. The summed E-state index contributed by atoms with van der Waals surface area (Å²) in [4.78, 5) is 42.3. The summed E-state index contributed by atoms with van der Waals surface area (Å²) in [6.07, 6.45) is 0.0616. The number of carbonyl (C=O) groups excluding carboxylic acids is 3. The maximum atomic E-state index is 13.7. The molecule has 2 N–H and O–H groups in total. The summed E-state index contributed by atoms with van der Waals surface area (Å²) in [6, 6.07) is 21.9. The van der Waals surface area contributed by atoms with Gasteiger partial charge in [-0.15, -0.1) is 0 Å². The maximum Gasteiger partial charge on any atom is 0.259 e. The van der Waals surface area contributed by atoms with Crippen molar-refractivity contribution in [1.82, 2.24) is 10.2 Å². The van der Waals surface area contributed by atoms with Crippen LogP contribution in [0.3, 0.4) is 0 Å². The molecule has 0 aromatic heterocycles. The number of hydrogen-bond acceptors (Lipinski definition) is 4. The second kappa shape index (κ2) is 8.46. The van der Waals surface area contributed by atoms with Gasteiger partial charge >= 0.3 is 0 Å². The molecule has 1 atom stereocenters. The Bertz CT molecular complexity index is 1240. The molecule has 7 heteroatoms. The van der Waals surface area contributed by atoms with E-state index in [-0.39, 0.29) is 31.2 Å². The van der Waals surface area contributed by atoms with Crippen molar-refractivity contribution in [3.8, 4) is 11.1 Å². The highest BCUT2D eigenvalue weighted by Crippen LogP contribution is 2.34. The fourth-order valence-corrected chi connectivity index (χ4v) is 4.68. The lowest BCUT2D eigenvalue weighted by Gasteiger charge is -2.43. The molecule has 0 spiro atoms. The average molecular weight is 460 g/mol. The van der Waals surface area contributed by atoms with Gasteiger partial charge in [-0.1, -0.05) is 60.1 Å². The van der Waals surface area contributed by atoms with Crippen LogP contribution in [0.1, 0.15) is 15.9 Å². The highest BCUT2D eigenvalue weighted by atomic mass is 35.5. The van der Waals surface area contributed by atoms with Gasteiger partial charge in [-0.05, 0) is 41.0 Å². The van der Waals surface area contributed by atoms with Gasteiger partial charge in [-0.3, -0.25) is 14.4 Å². The van der Waals surface area contributed by atoms with Crippen LogP contribution in [0, 0.1) is 0 Å². The zero-order valence-electron chi connectivity index (χ0n) is 17.8. The predicted octanol–water partition coefficient (Wildman–Crippen LogP) is 3.56. The van der Waals surface area contributed by atoms with Crippen LogP contribution in [-0.2, 0) is 16.0 Å². The average Bonchev–Trinajstić information content (AvgIpc) is 2.93. The number of ketones is 1. The molecule has 33 heavy (non-hydrogen) atoms. The fraction of sp³-hybridized carbons (Fsp3) is 0.192. The number of rotatable bonds is 4. The molecule has 166 valence electrons. The molecule has 0 aliphatic carbocycles. The Labute approximate surface area is 196 Å². The molecule has 0 radical (unpaired) electrons. The van der Waals surface area contributed by atoms with Crippen LogP contribution >= 0.6 is 11.6 Å². The Kier molecular flexibility index (Phi) is 5.48. The van der Waals surface area contributed by atoms with E-state index in [1.807, 2.05) is 48.5 Å². The van der Waals surface area contributed by atoms with Crippen LogP contribution in [0.4, 0.5) is 5.69 Å². The number of Topliss-reactive ketones (excluding diaryl/α,β-unsaturated/α-hetero) is 1. The van der Waals surface area contributed by atoms with Crippen LogP contribution in [0.25, 0.3) is 11.1 Å². The minimum atomic E-state index is -1.61. The van der Waals surface area contributed by atoms with E-state index in [1.54, 1.807) is 24.3 Å². The van der Waals surface area contributed by atoms with Gasteiger partial charge in [0.05, 0.1) is 11.3 Å². The van der Waals surface area contributed by atoms with Gasteiger partial charge in [0.25, 0.3) is 11.8 Å². The van der Waals surface area contributed by atoms with Crippen molar-refractivity contribution in [2.75, 3.05) is 25.0 Å². The van der Waals surface area contributed by atoms with Gasteiger partial charge in [-0.25, -0.2) is 0 Å². The summed E-state index contributed by atoms with van der Waals surface area (Å²) in [5, 5.41) is 6.64. The quantitative estimate of drug-likeness (QED) is 0.585. The van der Waals surface area contributed by atoms with Crippen LogP contribution in [0.5, 0.6) is 0 Å². The standard InChI is InChI=1S/C26H22ClN3O3/c27-20-9-6-18(7-10-20)19-8-11-22-21(15-19)24(32)30-13-12-28-16-26(30,25(33)29-22)23(31)14-17-4-2-1-3-5-17/h1-11,15,28H,12-14,16H2,(H,29,33). The van der Waals surface area contributed by atoms with E-state index in [0.29, 0.717) is 22.8 Å². The molecule has 0 saturated carbocycles. The van der Waals surface area contributed by atoms with Crippen LogP contribution < -0.4 is 10.6 Å². The van der Waals surface area contributed by atoms with Crippen molar-refractivity contribution >= 4 is 34.9 Å². The number of nitrogens with zero attached hydrogens (tertiary/aromatic N) is 1. The van der Waals surface area contributed by atoms with Crippen LogP contribution in [0.15, 0.2) is 72.8 Å². The number of amides is 2. The summed E-state index contributed by atoms with van der Waals surface area (Å²) in [7, 11) is 0. The smallest absolute Gasteiger partial charge is 0.259 e. The summed E-state index contributed by atoms with van der Waals surface area (Å²) < 4.78 is 0. The van der Waals surface area contributed by atoms with Crippen LogP contribution in [-0.4, -0.2) is 47.7 Å². The number of hydrogen-bond donors (Lipinski definition) is 2. The Morgan fingerprint density at radius 3 is 2.45 bits per heavy atom. The van der Waals surface area contributed by atoms with Gasteiger partial charge in [0.1, 0.15) is 0 Å². The first-order chi connectivity index (χ1) is 16.0. The lowest BCUT2D eigenvalue weighted by molar-refractivity contribution is -0.141.